The number of hydrogen-bond acceptors (Lipinski definition) is 5. The smallest absolute Gasteiger partial charge is 0.306 e. The van der Waals surface area contributed by atoms with Gasteiger partial charge in [-0.05, 0) is 25.0 Å². The second-order valence-electron chi connectivity index (χ2n) is 5.66. The normalized spacial score (nSPS) is 15.3. The molecule has 0 atom stereocenters. The second-order valence-corrected chi connectivity index (χ2v) is 5.66. The SMILES string of the molecule is COc1cc(-c2cc(C(=O)N3CCC(C(=O)O)CC3)n[nH]2)ccn1. The molecule has 0 aliphatic carbocycles. The first-order valence-corrected chi connectivity index (χ1v) is 7.66. The first kappa shape index (κ1) is 16.0. The standard InChI is InChI=1S/C16H18N4O4/c1-24-14-8-11(2-5-17-14)12-9-13(19-18-12)15(21)20-6-3-10(4-7-20)16(22)23/h2,5,8-10H,3-4,6-7H2,1H3,(H,18,19)(H,22,23). The zero-order chi connectivity index (χ0) is 17.1. The summed E-state index contributed by atoms with van der Waals surface area (Å²) in [5.74, 6) is -0.878. The van der Waals surface area contributed by atoms with Gasteiger partial charge in [0.25, 0.3) is 5.91 Å². The van der Waals surface area contributed by atoms with Crippen molar-refractivity contribution >= 4 is 11.9 Å². The summed E-state index contributed by atoms with van der Waals surface area (Å²) in [6.45, 7) is 0.863. The molecule has 3 rings (SSSR count). The Balaban J connectivity index is 1.71. The molecule has 0 bridgehead atoms. The fourth-order valence-electron chi connectivity index (χ4n) is 2.76. The molecule has 0 aromatic carbocycles. The molecular weight excluding hydrogens is 312 g/mol. The molecule has 0 unspecified atom stereocenters. The highest BCUT2D eigenvalue weighted by Crippen LogP contribution is 2.23. The predicted octanol–water partition coefficient (Wildman–Crippen LogP) is 1.42. The van der Waals surface area contributed by atoms with E-state index < -0.39 is 5.97 Å². The van der Waals surface area contributed by atoms with Gasteiger partial charge < -0.3 is 14.7 Å². The molecule has 1 aliphatic rings. The molecular formula is C16H18N4O4. The maximum Gasteiger partial charge on any atom is 0.306 e. The van der Waals surface area contributed by atoms with E-state index in [1.165, 1.54) is 7.11 Å². The first-order valence-electron chi connectivity index (χ1n) is 7.66. The number of carboxylic acids is 1. The lowest BCUT2D eigenvalue weighted by molar-refractivity contribution is -0.143. The van der Waals surface area contributed by atoms with Gasteiger partial charge in [0.05, 0.1) is 18.7 Å². The molecule has 0 spiro atoms. The number of nitrogens with zero attached hydrogens (tertiary/aromatic N) is 3. The van der Waals surface area contributed by atoms with Crippen LogP contribution < -0.4 is 4.74 Å². The van der Waals surface area contributed by atoms with Gasteiger partial charge in [0.15, 0.2) is 5.69 Å². The molecule has 1 saturated heterocycles. The van der Waals surface area contributed by atoms with Gasteiger partial charge in [-0.3, -0.25) is 14.7 Å². The molecule has 2 aromatic rings. The highest BCUT2D eigenvalue weighted by Gasteiger charge is 2.28. The number of carbonyl (C=O) groups is 2. The number of rotatable bonds is 4. The van der Waals surface area contributed by atoms with Crippen LogP contribution in [0.3, 0.4) is 0 Å². The van der Waals surface area contributed by atoms with Crippen LogP contribution in [-0.4, -0.2) is 57.3 Å². The molecule has 0 saturated carbocycles. The van der Waals surface area contributed by atoms with Crippen molar-refractivity contribution in [2.45, 2.75) is 12.8 Å². The lowest BCUT2D eigenvalue weighted by Crippen LogP contribution is -2.40. The number of methoxy groups -OCH3 is 1. The molecule has 2 N–H and O–H groups in total. The highest BCUT2D eigenvalue weighted by atomic mass is 16.5. The summed E-state index contributed by atoms with van der Waals surface area (Å²) < 4.78 is 5.09. The van der Waals surface area contributed by atoms with Crippen LogP contribution in [0.2, 0.25) is 0 Å². The minimum Gasteiger partial charge on any atom is -0.481 e. The van der Waals surface area contributed by atoms with Crippen molar-refractivity contribution in [1.82, 2.24) is 20.1 Å². The second kappa shape index (κ2) is 6.69. The molecule has 24 heavy (non-hydrogen) atoms. The Labute approximate surface area is 138 Å². The van der Waals surface area contributed by atoms with Gasteiger partial charge in [-0.25, -0.2) is 4.98 Å². The summed E-state index contributed by atoms with van der Waals surface area (Å²) in [7, 11) is 1.54. The van der Waals surface area contributed by atoms with Crippen LogP contribution in [0, 0.1) is 5.92 Å². The van der Waals surface area contributed by atoms with Crippen molar-refractivity contribution in [2.75, 3.05) is 20.2 Å². The summed E-state index contributed by atoms with van der Waals surface area (Å²) in [5, 5.41) is 15.9. The number of aromatic nitrogens is 3. The summed E-state index contributed by atoms with van der Waals surface area (Å²) in [4.78, 5) is 29.2. The average Bonchev–Trinajstić information content (AvgIpc) is 3.11. The van der Waals surface area contributed by atoms with E-state index in [4.69, 9.17) is 9.84 Å². The van der Waals surface area contributed by atoms with Gasteiger partial charge in [0, 0.05) is 30.9 Å². The van der Waals surface area contributed by atoms with E-state index in [0.717, 1.165) is 5.56 Å². The van der Waals surface area contributed by atoms with Gasteiger partial charge in [0.1, 0.15) is 0 Å². The summed E-state index contributed by atoms with van der Waals surface area (Å²) in [5.41, 5.74) is 1.83. The Morgan fingerprint density at radius 2 is 2.08 bits per heavy atom. The van der Waals surface area contributed by atoms with E-state index in [0.29, 0.717) is 43.2 Å². The Morgan fingerprint density at radius 3 is 2.75 bits per heavy atom. The van der Waals surface area contributed by atoms with Crippen LogP contribution >= 0.6 is 0 Å². The fraction of sp³-hybridized carbons (Fsp3) is 0.375. The number of H-pyrrole nitrogens is 1. The molecule has 8 nitrogen and oxygen atoms in total. The topological polar surface area (TPSA) is 108 Å². The molecule has 0 radical (unpaired) electrons. The zero-order valence-corrected chi connectivity index (χ0v) is 13.2. The third-order valence-electron chi connectivity index (χ3n) is 4.18. The van der Waals surface area contributed by atoms with Crippen LogP contribution in [0.4, 0.5) is 0 Å². The van der Waals surface area contributed by atoms with Crippen molar-refractivity contribution in [1.29, 1.82) is 0 Å². The van der Waals surface area contributed by atoms with Gasteiger partial charge in [0.2, 0.25) is 5.88 Å². The summed E-state index contributed by atoms with van der Waals surface area (Å²) in [6.07, 6.45) is 2.56. The van der Waals surface area contributed by atoms with Gasteiger partial charge in [-0.15, -0.1) is 0 Å². The minimum atomic E-state index is -0.796. The number of aliphatic carboxylic acids is 1. The average molecular weight is 330 g/mol. The number of carboxylic acid groups (broad SMARTS) is 1. The molecule has 8 heteroatoms. The summed E-state index contributed by atoms with van der Waals surface area (Å²) in [6, 6.07) is 5.23. The van der Waals surface area contributed by atoms with Crippen LogP contribution in [0.15, 0.2) is 24.4 Å². The largest absolute Gasteiger partial charge is 0.481 e. The van der Waals surface area contributed by atoms with Crippen molar-refractivity contribution in [2.24, 2.45) is 5.92 Å². The molecule has 2 aromatic heterocycles. The zero-order valence-electron chi connectivity index (χ0n) is 13.2. The predicted molar refractivity (Wildman–Crippen MR) is 84.6 cm³/mol. The number of pyridine rings is 1. The number of piperidine rings is 1. The molecule has 3 heterocycles. The van der Waals surface area contributed by atoms with Crippen LogP contribution in [-0.2, 0) is 4.79 Å². The van der Waals surface area contributed by atoms with Crippen molar-refractivity contribution in [3.63, 3.8) is 0 Å². The molecule has 126 valence electrons. The van der Waals surface area contributed by atoms with Crippen molar-refractivity contribution in [3.8, 4) is 17.1 Å². The first-order chi connectivity index (χ1) is 11.6. The van der Waals surface area contributed by atoms with E-state index in [1.807, 2.05) is 0 Å². The maximum absolute atomic E-state index is 12.5. The van der Waals surface area contributed by atoms with E-state index >= 15 is 0 Å². The third-order valence-corrected chi connectivity index (χ3v) is 4.18. The molecule has 1 amide bonds. The number of amides is 1. The van der Waals surface area contributed by atoms with Gasteiger partial charge >= 0.3 is 5.97 Å². The fourth-order valence-corrected chi connectivity index (χ4v) is 2.76. The maximum atomic E-state index is 12.5. The summed E-state index contributed by atoms with van der Waals surface area (Å²) >= 11 is 0. The number of nitrogens with one attached hydrogen (secondary N) is 1. The van der Waals surface area contributed by atoms with E-state index in [1.54, 1.807) is 29.3 Å². The lowest BCUT2D eigenvalue weighted by atomic mass is 9.97. The van der Waals surface area contributed by atoms with E-state index in [-0.39, 0.29) is 11.8 Å². The monoisotopic (exact) mass is 330 g/mol. The van der Waals surface area contributed by atoms with Crippen LogP contribution in [0.1, 0.15) is 23.3 Å². The Hall–Kier alpha value is -2.90. The molecule has 1 fully saturated rings. The quantitative estimate of drug-likeness (QED) is 0.877. The number of hydrogen-bond donors (Lipinski definition) is 2. The number of aromatic amines is 1. The van der Waals surface area contributed by atoms with Gasteiger partial charge in [-0.1, -0.05) is 0 Å². The number of carbonyl (C=O) groups excluding carboxylic acids is 1. The Kier molecular flexibility index (Phi) is 4.45. The lowest BCUT2D eigenvalue weighted by Gasteiger charge is -2.29. The Morgan fingerprint density at radius 1 is 1.33 bits per heavy atom. The Bertz CT molecular complexity index is 750. The van der Waals surface area contributed by atoms with Crippen LogP contribution in [0.25, 0.3) is 11.3 Å². The highest BCUT2D eigenvalue weighted by molar-refractivity contribution is 5.93. The third kappa shape index (κ3) is 3.22. The minimum absolute atomic E-state index is 0.192. The number of ether oxygens (including phenoxy) is 1. The number of likely N-dealkylation sites (tertiary alicyclic amines) is 1. The van der Waals surface area contributed by atoms with E-state index in [2.05, 4.69) is 15.2 Å². The van der Waals surface area contributed by atoms with Crippen LogP contribution in [0.5, 0.6) is 5.88 Å². The van der Waals surface area contributed by atoms with E-state index in [9.17, 15) is 9.59 Å². The van der Waals surface area contributed by atoms with Crippen molar-refractivity contribution < 1.29 is 19.4 Å². The van der Waals surface area contributed by atoms with Crippen molar-refractivity contribution in [3.05, 3.63) is 30.1 Å². The molecule has 1 aliphatic heterocycles. The van der Waals surface area contributed by atoms with Gasteiger partial charge in [-0.2, -0.15) is 5.10 Å².